The first kappa shape index (κ1) is 14.0. The van der Waals surface area contributed by atoms with Crippen LogP contribution in [0, 0.1) is 11.7 Å². The summed E-state index contributed by atoms with van der Waals surface area (Å²) >= 11 is 3.29. The molecule has 1 saturated carbocycles. The molecule has 2 nitrogen and oxygen atoms in total. The van der Waals surface area contributed by atoms with Crippen LogP contribution in [0.3, 0.4) is 0 Å². The van der Waals surface area contributed by atoms with Gasteiger partial charge >= 0.3 is 0 Å². The third-order valence-electron chi connectivity index (χ3n) is 3.50. The molecule has 0 saturated heterocycles. The van der Waals surface area contributed by atoms with E-state index in [4.69, 9.17) is 0 Å². The first-order chi connectivity index (χ1) is 8.63. The Labute approximate surface area is 116 Å². The molecule has 1 aromatic rings. The van der Waals surface area contributed by atoms with Gasteiger partial charge in [0.2, 0.25) is 0 Å². The van der Waals surface area contributed by atoms with Gasteiger partial charge in [-0.15, -0.1) is 0 Å². The van der Waals surface area contributed by atoms with E-state index in [0.29, 0.717) is 12.5 Å². The number of rotatable bonds is 4. The van der Waals surface area contributed by atoms with Gasteiger partial charge in [0.05, 0.1) is 6.10 Å². The quantitative estimate of drug-likeness (QED) is 0.894. The number of halogens is 2. The highest BCUT2D eigenvalue weighted by atomic mass is 79.9. The largest absolute Gasteiger partial charge is 0.393 e. The molecule has 0 amide bonds. The van der Waals surface area contributed by atoms with Gasteiger partial charge in [0.1, 0.15) is 5.82 Å². The lowest BCUT2D eigenvalue weighted by Crippen LogP contribution is -2.27. The van der Waals surface area contributed by atoms with E-state index in [-0.39, 0.29) is 11.9 Å². The molecule has 1 aromatic carbocycles. The lowest BCUT2D eigenvalue weighted by Gasteiger charge is -2.25. The maximum Gasteiger partial charge on any atom is 0.124 e. The van der Waals surface area contributed by atoms with Crippen molar-refractivity contribution in [2.75, 3.05) is 6.54 Å². The standard InChI is InChI=1S/C14H19BrFNO/c15-12-5-11(6-13(16)7-12)9-17-8-10-1-3-14(18)4-2-10/h5-7,10,14,17-18H,1-4,8-9H2. The Hall–Kier alpha value is -0.450. The molecule has 0 aliphatic heterocycles. The van der Waals surface area contributed by atoms with Crippen molar-refractivity contribution in [1.29, 1.82) is 0 Å². The average molecular weight is 316 g/mol. The van der Waals surface area contributed by atoms with Crippen molar-refractivity contribution < 1.29 is 9.50 Å². The zero-order valence-corrected chi connectivity index (χ0v) is 11.9. The number of nitrogens with one attached hydrogen (secondary N) is 1. The smallest absolute Gasteiger partial charge is 0.124 e. The zero-order chi connectivity index (χ0) is 13.0. The molecule has 0 bridgehead atoms. The predicted octanol–water partition coefficient (Wildman–Crippen LogP) is 3.23. The molecule has 0 heterocycles. The Morgan fingerprint density at radius 2 is 1.94 bits per heavy atom. The van der Waals surface area contributed by atoms with Gasteiger partial charge < -0.3 is 10.4 Å². The second kappa shape index (κ2) is 6.64. The van der Waals surface area contributed by atoms with Gasteiger partial charge in [-0.3, -0.25) is 0 Å². The second-order valence-corrected chi connectivity index (χ2v) is 6.00. The summed E-state index contributed by atoms with van der Waals surface area (Å²) in [5.41, 5.74) is 0.956. The average Bonchev–Trinajstić information content (AvgIpc) is 2.30. The van der Waals surface area contributed by atoms with Crippen molar-refractivity contribution in [2.24, 2.45) is 5.92 Å². The van der Waals surface area contributed by atoms with Gasteiger partial charge in [0, 0.05) is 11.0 Å². The van der Waals surface area contributed by atoms with Crippen LogP contribution in [0.4, 0.5) is 4.39 Å². The van der Waals surface area contributed by atoms with Gasteiger partial charge in [-0.25, -0.2) is 4.39 Å². The topological polar surface area (TPSA) is 32.3 Å². The lowest BCUT2D eigenvalue weighted by atomic mass is 9.87. The third kappa shape index (κ3) is 4.34. The summed E-state index contributed by atoms with van der Waals surface area (Å²) in [4.78, 5) is 0. The predicted molar refractivity (Wildman–Crippen MR) is 73.8 cm³/mol. The van der Waals surface area contributed by atoms with Gasteiger partial charge in [-0.2, -0.15) is 0 Å². The minimum atomic E-state index is -0.207. The van der Waals surface area contributed by atoms with E-state index < -0.39 is 0 Å². The summed E-state index contributed by atoms with van der Waals surface area (Å²) in [6.45, 7) is 1.64. The summed E-state index contributed by atoms with van der Waals surface area (Å²) in [7, 11) is 0. The summed E-state index contributed by atoms with van der Waals surface area (Å²) in [6, 6.07) is 4.95. The van der Waals surface area contributed by atoms with Crippen LogP contribution in [0.25, 0.3) is 0 Å². The maximum absolute atomic E-state index is 13.2. The van der Waals surface area contributed by atoms with E-state index in [1.165, 1.54) is 6.07 Å². The van der Waals surface area contributed by atoms with E-state index in [0.717, 1.165) is 42.3 Å². The molecular weight excluding hydrogens is 297 g/mol. The summed E-state index contributed by atoms with van der Waals surface area (Å²) < 4.78 is 13.9. The molecule has 0 unspecified atom stereocenters. The van der Waals surface area contributed by atoms with Gasteiger partial charge in [0.25, 0.3) is 0 Å². The van der Waals surface area contributed by atoms with Crippen LogP contribution in [-0.4, -0.2) is 17.8 Å². The van der Waals surface area contributed by atoms with Crippen LogP contribution >= 0.6 is 15.9 Å². The number of benzene rings is 1. The summed E-state index contributed by atoms with van der Waals surface area (Å²) in [6.07, 6.45) is 3.90. The monoisotopic (exact) mass is 315 g/mol. The van der Waals surface area contributed by atoms with Crippen molar-refractivity contribution in [3.05, 3.63) is 34.1 Å². The normalized spacial score (nSPS) is 24.2. The van der Waals surface area contributed by atoms with Crippen molar-refractivity contribution >= 4 is 15.9 Å². The fourth-order valence-corrected chi connectivity index (χ4v) is 3.00. The van der Waals surface area contributed by atoms with Crippen LogP contribution in [0.15, 0.2) is 22.7 Å². The molecule has 0 spiro atoms. The van der Waals surface area contributed by atoms with Gasteiger partial charge in [0.15, 0.2) is 0 Å². The first-order valence-corrected chi connectivity index (χ1v) is 7.26. The molecule has 18 heavy (non-hydrogen) atoms. The minimum Gasteiger partial charge on any atom is -0.393 e. The molecule has 0 aromatic heterocycles. The van der Waals surface area contributed by atoms with Crippen LogP contribution in [0.2, 0.25) is 0 Å². The number of aliphatic hydroxyl groups excluding tert-OH is 1. The Bertz CT molecular complexity index is 371. The first-order valence-electron chi connectivity index (χ1n) is 6.47. The molecule has 0 atom stereocenters. The van der Waals surface area contributed by atoms with E-state index in [9.17, 15) is 9.50 Å². The van der Waals surface area contributed by atoms with Crippen LogP contribution < -0.4 is 5.32 Å². The number of aliphatic hydroxyl groups is 1. The highest BCUT2D eigenvalue weighted by Gasteiger charge is 2.18. The molecule has 0 radical (unpaired) electrons. The number of hydrogen-bond acceptors (Lipinski definition) is 2. The lowest BCUT2D eigenvalue weighted by molar-refractivity contribution is 0.108. The van der Waals surface area contributed by atoms with E-state index in [1.807, 2.05) is 6.07 Å². The summed E-state index contributed by atoms with van der Waals surface area (Å²) in [5.74, 6) is 0.437. The second-order valence-electron chi connectivity index (χ2n) is 5.08. The fourth-order valence-electron chi connectivity index (χ4n) is 2.48. The zero-order valence-electron chi connectivity index (χ0n) is 10.3. The van der Waals surface area contributed by atoms with Crippen molar-refractivity contribution in [3.8, 4) is 0 Å². The molecule has 1 aliphatic rings. The Morgan fingerprint density at radius 3 is 2.61 bits per heavy atom. The van der Waals surface area contributed by atoms with Crippen LogP contribution in [0.1, 0.15) is 31.2 Å². The van der Waals surface area contributed by atoms with Crippen LogP contribution in [-0.2, 0) is 6.54 Å². The van der Waals surface area contributed by atoms with Gasteiger partial charge in [-0.1, -0.05) is 15.9 Å². The SMILES string of the molecule is OC1CCC(CNCc2cc(F)cc(Br)c2)CC1. The summed E-state index contributed by atoms with van der Waals surface area (Å²) in [5, 5.41) is 12.8. The molecule has 100 valence electrons. The van der Waals surface area contributed by atoms with Crippen molar-refractivity contribution in [2.45, 2.75) is 38.3 Å². The Morgan fingerprint density at radius 1 is 1.22 bits per heavy atom. The molecular formula is C14H19BrFNO. The minimum absolute atomic E-state index is 0.0968. The van der Waals surface area contributed by atoms with Gasteiger partial charge in [-0.05, 0) is 61.9 Å². The molecule has 4 heteroatoms. The van der Waals surface area contributed by atoms with E-state index >= 15 is 0 Å². The number of hydrogen-bond donors (Lipinski definition) is 2. The van der Waals surface area contributed by atoms with Crippen LogP contribution in [0.5, 0.6) is 0 Å². The Balaban J connectivity index is 1.74. The fraction of sp³-hybridized carbons (Fsp3) is 0.571. The molecule has 2 rings (SSSR count). The van der Waals surface area contributed by atoms with Crippen molar-refractivity contribution in [1.82, 2.24) is 5.32 Å². The van der Waals surface area contributed by atoms with Crippen molar-refractivity contribution in [3.63, 3.8) is 0 Å². The Kier molecular flexibility index (Phi) is 5.15. The van der Waals surface area contributed by atoms with E-state index in [1.54, 1.807) is 6.07 Å². The third-order valence-corrected chi connectivity index (χ3v) is 3.96. The van der Waals surface area contributed by atoms with E-state index in [2.05, 4.69) is 21.2 Å². The molecule has 1 aliphatic carbocycles. The molecule has 1 fully saturated rings. The molecule has 2 N–H and O–H groups in total. The maximum atomic E-state index is 13.2. The highest BCUT2D eigenvalue weighted by molar-refractivity contribution is 9.10. The highest BCUT2D eigenvalue weighted by Crippen LogP contribution is 2.23.